The quantitative estimate of drug-likeness (QED) is 0.842. The molecule has 3 heteroatoms. The maximum atomic E-state index is 12.9. The Labute approximate surface area is 126 Å². The molecule has 114 valence electrons. The summed E-state index contributed by atoms with van der Waals surface area (Å²) >= 11 is 0. The van der Waals surface area contributed by atoms with Gasteiger partial charge < -0.3 is 10.5 Å². The minimum Gasteiger partial charge on any atom is -0.490 e. The lowest BCUT2D eigenvalue weighted by atomic mass is 9.67. The zero-order valence-corrected chi connectivity index (χ0v) is 12.8. The number of ether oxygens (including phenoxy) is 1. The molecule has 0 unspecified atom stereocenters. The zero-order valence-electron chi connectivity index (χ0n) is 12.8. The number of Topliss-reactive ketones (excluding diaryl/α,β-unsaturated/α-hetero) is 1. The minimum atomic E-state index is -0.342. The van der Waals surface area contributed by atoms with Gasteiger partial charge in [0.2, 0.25) is 0 Å². The third-order valence-corrected chi connectivity index (χ3v) is 5.05. The Balaban J connectivity index is 1.73. The van der Waals surface area contributed by atoms with E-state index >= 15 is 0 Å². The molecule has 1 aromatic rings. The van der Waals surface area contributed by atoms with Crippen LogP contribution < -0.4 is 10.5 Å². The van der Waals surface area contributed by atoms with E-state index in [4.69, 9.17) is 10.5 Å². The summed E-state index contributed by atoms with van der Waals surface area (Å²) in [6.07, 6.45) is 6.73. The van der Waals surface area contributed by atoms with E-state index in [0.717, 1.165) is 49.8 Å². The molecule has 0 spiro atoms. The van der Waals surface area contributed by atoms with Crippen LogP contribution in [0, 0.1) is 11.3 Å². The number of nitrogens with two attached hydrogens (primary N) is 1. The number of ketones is 1. The molecular formula is C18H25NO2. The SMILES string of the molecule is CC1CCC(CN)(C(=O)c2ccc(OC3CC3)cc2)CC1. The van der Waals surface area contributed by atoms with Gasteiger partial charge in [0.1, 0.15) is 5.75 Å². The first kappa shape index (κ1) is 14.6. The summed E-state index contributed by atoms with van der Waals surface area (Å²) in [5, 5.41) is 0. The van der Waals surface area contributed by atoms with Crippen LogP contribution in [0.2, 0.25) is 0 Å². The first-order valence-corrected chi connectivity index (χ1v) is 8.14. The van der Waals surface area contributed by atoms with Gasteiger partial charge in [-0.15, -0.1) is 0 Å². The van der Waals surface area contributed by atoms with E-state index in [1.54, 1.807) is 0 Å². The standard InChI is InChI=1S/C18H25NO2/c1-13-8-10-18(12-19,11-9-13)17(20)14-2-4-15(5-3-14)21-16-6-7-16/h2-5,13,16H,6-12,19H2,1H3. The molecule has 1 aromatic carbocycles. The van der Waals surface area contributed by atoms with Gasteiger partial charge in [0.05, 0.1) is 6.10 Å². The van der Waals surface area contributed by atoms with Gasteiger partial charge in [-0.25, -0.2) is 0 Å². The molecule has 2 aliphatic carbocycles. The number of carbonyl (C=O) groups excluding carboxylic acids is 1. The highest BCUT2D eigenvalue weighted by Crippen LogP contribution is 2.40. The average molecular weight is 287 g/mol. The molecule has 0 aliphatic heterocycles. The maximum absolute atomic E-state index is 12.9. The van der Waals surface area contributed by atoms with Gasteiger partial charge in [0.25, 0.3) is 0 Å². The van der Waals surface area contributed by atoms with Gasteiger partial charge in [0, 0.05) is 17.5 Å². The molecule has 3 nitrogen and oxygen atoms in total. The van der Waals surface area contributed by atoms with Crippen molar-refractivity contribution in [1.82, 2.24) is 0 Å². The number of benzene rings is 1. The first-order chi connectivity index (χ1) is 10.1. The second-order valence-electron chi connectivity index (χ2n) is 6.84. The summed E-state index contributed by atoms with van der Waals surface area (Å²) in [6, 6.07) is 7.63. The minimum absolute atomic E-state index is 0.217. The van der Waals surface area contributed by atoms with E-state index in [1.807, 2.05) is 24.3 Å². The monoisotopic (exact) mass is 287 g/mol. The van der Waals surface area contributed by atoms with Crippen molar-refractivity contribution in [3.63, 3.8) is 0 Å². The van der Waals surface area contributed by atoms with Crippen LogP contribution in [0.4, 0.5) is 0 Å². The summed E-state index contributed by atoms with van der Waals surface area (Å²) < 4.78 is 5.74. The molecule has 0 aromatic heterocycles. The number of rotatable bonds is 5. The molecule has 0 heterocycles. The highest BCUT2D eigenvalue weighted by molar-refractivity contribution is 6.00. The van der Waals surface area contributed by atoms with Gasteiger partial charge in [0.15, 0.2) is 5.78 Å². The molecule has 2 N–H and O–H groups in total. The fraction of sp³-hybridized carbons (Fsp3) is 0.611. The van der Waals surface area contributed by atoms with Crippen molar-refractivity contribution in [2.24, 2.45) is 17.1 Å². The highest BCUT2D eigenvalue weighted by atomic mass is 16.5. The zero-order chi connectivity index (χ0) is 14.9. The molecule has 2 aliphatic rings. The van der Waals surface area contributed by atoms with Crippen LogP contribution in [0.15, 0.2) is 24.3 Å². The summed E-state index contributed by atoms with van der Waals surface area (Å²) in [5.41, 5.74) is 6.41. The predicted octanol–water partition coefficient (Wildman–Crippen LogP) is 3.57. The molecule has 2 saturated carbocycles. The van der Waals surface area contributed by atoms with Gasteiger partial charge in [-0.1, -0.05) is 6.92 Å². The molecular weight excluding hydrogens is 262 g/mol. The largest absolute Gasteiger partial charge is 0.490 e. The molecule has 2 fully saturated rings. The van der Waals surface area contributed by atoms with Crippen molar-refractivity contribution in [1.29, 1.82) is 0 Å². The van der Waals surface area contributed by atoms with Crippen LogP contribution in [0.1, 0.15) is 55.8 Å². The first-order valence-electron chi connectivity index (χ1n) is 8.14. The summed E-state index contributed by atoms with van der Waals surface area (Å²) in [7, 11) is 0. The van der Waals surface area contributed by atoms with E-state index in [0.29, 0.717) is 18.6 Å². The third kappa shape index (κ3) is 3.13. The van der Waals surface area contributed by atoms with Gasteiger partial charge in [-0.3, -0.25) is 4.79 Å². The lowest BCUT2D eigenvalue weighted by Crippen LogP contribution is -2.41. The van der Waals surface area contributed by atoms with Crippen LogP contribution in [-0.4, -0.2) is 18.4 Å². The molecule has 0 atom stereocenters. The van der Waals surface area contributed by atoms with Gasteiger partial charge in [-0.2, -0.15) is 0 Å². The lowest BCUT2D eigenvalue weighted by Gasteiger charge is -2.37. The topological polar surface area (TPSA) is 52.3 Å². The highest BCUT2D eigenvalue weighted by Gasteiger charge is 2.40. The Bertz CT molecular complexity index is 496. The summed E-state index contributed by atoms with van der Waals surface area (Å²) in [5.74, 6) is 1.80. The Kier molecular flexibility index (Phi) is 4.03. The van der Waals surface area contributed by atoms with E-state index < -0.39 is 0 Å². The second-order valence-corrected chi connectivity index (χ2v) is 6.84. The van der Waals surface area contributed by atoms with Crippen molar-refractivity contribution in [2.75, 3.05) is 6.54 Å². The maximum Gasteiger partial charge on any atom is 0.170 e. The van der Waals surface area contributed by atoms with Gasteiger partial charge >= 0.3 is 0 Å². The van der Waals surface area contributed by atoms with Gasteiger partial charge in [-0.05, 0) is 68.7 Å². The van der Waals surface area contributed by atoms with Crippen LogP contribution in [-0.2, 0) is 0 Å². The fourth-order valence-corrected chi connectivity index (χ4v) is 3.21. The lowest BCUT2D eigenvalue weighted by molar-refractivity contribution is 0.0695. The van der Waals surface area contributed by atoms with Crippen molar-refractivity contribution in [3.05, 3.63) is 29.8 Å². The Morgan fingerprint density at radius 2 is 1.81 bits per heavy atom. The van der Waals surface area contributed by atoms with E-state index in [2.05, 4.69) is 6.92 Å². The van der Waals surface area contributed by atoms with Crippen molar-refractivity contribution in [2.45, 2.75) is 51.6 Å². The van der Waals surface area contributed by atoms with Crippen molar-refractivity contribution in [3.8, 4) is 5.75 Å². The third-order valence-electron chi connectivity index (χ3n) is 5.05. The predicted molar refractivity (Wildman–Crippen MR) is 83.5 cm³/mol. The smallest absolute Gasteiger partial charge is 0.170 e. The van der Waals surface area contributed by atoms with Crippen LogP contribution in [0.25, 0.3) is 0 Å². The van der Waals surface area contributed by atoms with E-state index in [-0.39, 0.29) is 11.2 Å². The molecule has 0 bridgehead atoms. The molecule has 3 rings (SSSR count). The molecule has 21 heavy (non-hydrogen) atoms. The normalized spacial score (nSPS) is 29.1. The summed E-state index contributed by atoms with van der Waals surface area (Å²) in [4.78, 5) is 12.9. The van der Waals surface area contributed by atoms with E-state index in [1.165, 1.54) is 0 Å². The van der Waals surface area contributed by atoms with Crippen LogP contribution >= 0.6 is 0 Å². The number of carbonyl (C=O) groups is 1. The summed E-state index contributed by atoms with van der Waals surface area (Å²) in [6.45, 7) is 2.72. The second kappa shape index (κ2) is 5.80. The Morgan fingerprint density at radius 3 is 2.33 bits per heavy atom. The number of hydrogen-bond donors (Lipinski definition) is 1. The van der Waals surface area contributed by atoms with E-state index in [9.17, 15) is 4.79 Å². The average Bonchev–Trinajstić information content (AvgIpc) is 3.33. The van der Waals surface area contributed by atoms with Crippen LogP contribution in [0.3, 0.4) is 0 Å². The van der Waals surface area contributed by atoms with Crippen molar-refractivity contribution < 1.29 is 9.53 Å². The Hall–Kier alpha value is -1.35. The molecule has 0 saturated heterocycles. The molecule has 0 radical (unpaired) electrons. The molecule has 0 amide bonds. The fourth-order valence-electron chi connectivity index (χ4n) is 3.21. The van der Waals surface area contributed by atoms with Crippen LogP contribution in [0.5, 0.6) is 5.75 Å². The number of hydrogen-bond acceptors (Lipinski definition) is 3. The van der Waals surface area contributed by atoms with Crippen molar-refractivity contribution >= 4 is 5.78 Å². The Morgan fingerprint density at radius 1 is 1.19 bits per heavy atom.